The van der Waals surface area contributed by atoms with Crippen molar-refractivity contribution < 1.29 is 28.2 Å². The van der Waals surface area contributed by atoms with E-state index in [9.17, 15) is 18.3 Å². The van der Waals surface area contributed by atoms with Crippen molar-refractivity contribution in [1.29, 1.82) is 0 Å². The van der Waals surface area contributed by atoms with E-state index in [0.29, 0.717) is 6.54 Å². The Bertz CT molecular complexity index is 992. The first-order valence-electron chi connectivity index (χ1n) is 10.2. The first kappa shape index (κ1) is 25.0. The van der Waals surface area contributed by atoms with E-state index >= 15 is 0 Å². The van der Waals surface area contributed by atoms with Crippen LogP contribution >= 0.6 is 11.6 Å². The summed E-state index contributed by atoms with van der Waals surface area (Å²) >= 11 is 6.12. The molecule has 0 unspecified atom stereocenters. The minimum Gasteiger partial charge on any atom is -0.475 e. The fourth-order valence-corrected chi connectivity index (χ4v) is 4.15. The lowest BCUT2D eigenvalue weighted by atomic mass is 10.1. The van der Waals surface area contributed by atoms with E-state index in [2.05, 4.69) is 44.8 Å². The molecule has 1 aromatic carbocycles. The van der Waals surface area contributed by atoms with Gasteiger partial charge in [0, 0.05) is 43.3 Å². The fraction of sp³-hybridized carbons (Fsp3) is 0.476. The van der Waals surface area contributed by atoms with Gasteiger partial charge in [-0.1, -0.05) is 17.7 Å². The molecule has 1 saturated heterocycles. The van der Waals surface area contributed by atoms with Crippen LogP contribution in [-0.4, -0.2) is 76.6 Å². The van der Waals surface area contributed by atoms with Gasteiger partial charge < -0.3 is 24.9 Å². The van der Waals surface area contributed by atoms with E-state index in [0.717, 1.165) is 42.7 Å². The van der Waals surface area contributed by atoms with E-state index in [1.165, 1.54) is 11.1 Å². The van der Waals surface area contributed by atoms with Crippen LogP contribution in [0, 0.1) is 0 Å². The Hall–Kier alpha value is -2.63. The van der Waals surface area contributed by atoms with E-state index in [1.54, 1.807) is 6.33 Å². The molecule has 0 amide bonds. The summed E-state index contributed by atoms with van der Waals surface area (Å²) in [6.45, 7) is 3.14. The Balaban J connectivity index is 0.000000383. The number of carboxylic acid groups (broad SMARTS) is 1. The Kier molecular flexibility index (Phi) is 7.65. The largest absolute Gasteiger partial charge is 0.490 e. The second kappa shape index (κ2) is 10.1. The second-order valence-corrected chi connectivity index (χ2v) is 8.70. The zero-order valence-corrected chi connectivity index (χ0v) is 18.9. The van der Waals surface area contributed by atoms with Gasteiger partial charge >= 0.3 is 12.1 Å². The van der Waals surface area contributed by atoms with Gasteiger partial charge in [0.1, 0.15) is 18.0 Å². The zero-order valence-electron chi connectivity index (χ0n) is 18.1. The van der Waals surface area contributed by atoms with Crippen LogP contribution in [0.2, 0.25) is 5.02 Å². The highest BCUT2D eigenvalue weighted by atomic mass is 35.5. The molecule has 0 radical (unpaired) electrons. The smallest absolute Gasteiger partial charge is 0.475 e. The number of likely N-dealkylation sites (N-methyl/N-ethyl adjacent to an activating group) is 1. The molecule has 0 bridgehead atoms. The predicted molar refractivity (Wildman–Crippen MR) is 117 cm³/mol. The molecular formula is C21H25ClF3N5O3. The topological polar surface area (TPSA) is 93.0 Å². The number of rotatable bonds is 4. The Morgan fingerprint density at radius 2 is 1.82 bits per heavy atom. The number of carbonyl (C=O) groups is 1. The Labute approximate surface area is 194 Å². The molecule has 8 nitrogen and oxygen atoms in total. The fourth-order valence-electron chi connectivity index (χ4n) is 3.96. The van der Waals surface area contributed by atoms with Gasteiger partial charge in [0.2, 0.25) is 0 Å². The van der Waals surface area contributed by atoms with Crippen molar-refractivity contribution in [3.63, 3.8) is 0 Å². The highest BCUT2D eigenvalue weighted by Crippen LogP contribution is 2.31. The number of hydrogen-bond donors (Lipinski definition) is 2. The summed E-state index contributed by atoms with van der Waals surface area (Å²) in [5, 5.41) is 18.0. The minimum absolute atomic E-state index is 0.261. The van der Waals surface area contributed by atoms with Gasteiger partial charge in [0.25, 0.3) is 0 Å². The molecule has 1 aromatic heterocycles. The number of carboxylic acids is 1. The molecule has 2 aliphatic rings. The third kappa shape index (κ3) is 6.46. The van der Waals surface area contributed by atoms with Crippen molar-refractivity contribution in [1.82, 2.24) is 14.9 Å². The van der Waals surface area contributed by atoms with Gasteiger partial charge in [-0.2, -0.15) is 13.2 Å². The number of aliphatic hydroxyl groups is 1. The number of anilines is 2. The van der Waals surface area contributed by atoms with Crippen LogP contribution in [0.1, 0.15) is 17.5 Å². The maximum Gasteiger partial charge on any atom is 0.490 e. The van der Waals surface area contributed by atoms with E-state index in [-0.39, 0.29) is 12.1 Å². The highest BCUT2D eigenvalue weighted by Gasteiger charge is 2.38. The number of fused-ring (bicyclic) bond motifs is 1. The third-order valence-corrected chi connectivity index (χ3v) is 5.59. The van der Waals surface area contributed by atoms with Gasteiger partial charge in [0.05, 0.1) is 6.10 Å². The normalized spacial score (nSPS) is 20.0. The van der Waals surface area contributed by atoms with Crippen molar-refractivity contribution in [2.45, 2.75) is 37.8 Å². The standard InChI is InChI=1S/C19H24ClN5O.C2HF3O2/c1-23(2)10-16-6-17(26)11-25(16)19-7-18(21-12-22-19)24-8-13-3-4-15(20)5-14(13)9-24;3-2(4,5)1(6)7/h3-5,7,12,16-17,26H,6,8-11H2,1-2H3;(H,6,7)/t16-,17-;/m1./s1. The van der Waals surface area contributed by atoms with Gasteiger partial charge in [-0.05, 0) is 43.8 Å². The van der Waals surface area contributed by atoms with Crippen LogP contribution in [0.5, 0.6) is 0 Å². The Morgan fingerprint density at radius 1 is 1.18 bits per heavy atom. The number of aliphatic hydroxyl groups excluding tert-OH is 1. The Morgan fingerprint density at radius 3 is 2.45 bits per heavy atom. The van der Waals surface area contributed by atoms with Crippen LogP contribution in [0.15, 0.2) is 30.6 Å². The number of halogens is 4. The van der Waals surface area contributed by atoms with Crippen molar-refractivity contribution in [2.75, 3.05) is 37.0 Å². The maximum atomic E-state index is 10.6. The summed E-state index contributed by atoms with van der Waals surface area (Å²) in [7, 11) is 4.11. The summed E-state index contributed by atoms with van der Waals surface area (Å²) < 4.78 is 31.7. The summed E-state index contributed by atoms with van der Waals surface area (Å²) in [5.41, 5.74) is 2.54. The maximum absolute atomic E-state index is 10.6. The molecule has 2 aliphatic heterocycles. The molecule has 3 heterocycles. The monoisotopic (exact) mass is 487 g/mol. The number of alkyl halides is 3. The van der Waals surface area contributed by atoms with Gasteiger partial charge in [-0.15, -0.1) is 0 Å². The molecule has 2 atom stereocenters. The number of aliphatic carboxylic acids is 1. The molecular weight excluding hydrogens is 463 g/mol. The van der Waals surface area contributed by atoms with Crippen LogP contribution < -0.4 is 9.80 Å². The average Bonchev–Trinajstić information content (AvgIpc) is 3.30. The van der Waals surface area contributed by atoms with Crippen LogP contribution in [0.25, 0.3) is 0 Å². The summed E-state index contributed by atoms with van der Waals surface area (Å²) in [6, 6.07) is 8.35. The van der Waals surface area contributed by atoms with Crippen molar-refractivity contribution in [2.24, 2.45) is 0 Å². The van der Waals surface area contributed by atoms with Crippen molar-refractivity contribution in [3.8, 4) is 0 Å². The van der Waals surface area contributed by atoms with Gasteiger partial charge in [0.15, 0.2) is 0 Å². The van der Waals surface area contributed by atoms with E-state index < -0.39 is 12.1 Å². The number of nitrogens with zero attached hydrogens (tertiary/aromatic N) is 5. The summed E-state index contributed by atoms with van der Waals surface area (Å²) in [5.74, 6) is -0.966. The zero-order chi connectivity index (χ0) is 24.3. The second-order valence-electron chi connectivity index (χ2n) is 8.26. The van der Waals surface area contributed by atoms with E-state index in [4.69, 9.17) is 21.5 Å². The molecule has 0 spiro atoms. The molecule has 1 fully saturated rings. The number of aromatic nitrogens is 2. The highest BCUT2D eigenvalue weighted by molar-refractivity contribution is 6.30. The molecule has 0 saturated carbocycles. The lowest BCUT2D eigenvalue weighted by molar-refractivity contribution is -0.192. The average molecular weight is 488 g/mol. The number of hydrogen-bond acceptors (Lipinski definition) is 7. The quantitative estimate of drug-likeness (QED) is 0.680. The lowest BCUT2D eigenvalue weighted by Gasteiger charge is -2.28. The predicted octanol–water partition coefficient (Wildman–Crippen LogP) is 2.78. The first-order chi connectivity index (χ1) is 15.4. The molecule has 33 heavy (non-hydrogen) atoms. The van der Waals surface area contributed by atoms with Crippen molar-refractivity contribution in [3.05, 3.63) is 46.7 Å². The molecule has 0 aliphatic carbocycles. The summed E-state index contributed by atoms with van der Waals surface area (Å²) in [6.07, 6.45) is -3.00. The number of benzene rings is 1. The van der Waals surface area contributed by atoms with Crippen LogP contribution in [-0.2, 0) is 17.9 Å². The molecule has 2 N–H and O–H groups in total. The molecule has 2 aromatic rings. The van der Waals surface area contributed by atoms with Crippen LogP contribution in [0.3, 0.4) is 0 Å². The third-order valence-electron chi connectivity index (χ3n) is 5.36. The SMILES string of the molecule is CN(C)C[C@H]1C[C@@H](O)CN1c1cc(N2Cc3ccc(Cl)cc3C2)ncn1.O=C(O)C(F)(F)F. The molecule has 12 heteroatoms. The molecule has 180 valence electrons. The van der Waals surface area contributed by atoms with Gasteiger partial charge in [-0.3, -0.25) is 0 Å². The summed E-state index contributed by atoms with van der Waals surface area (Å²) in [4.78, 5) is 24.5. The molecule has 4 rings (SSSR count). The minimum atomic E-state index is -5.08. The number of β-amino-alcohol motifs (C(OH)–C–C–N with tert-alkyl or cyclic N) is 1. The van der Waals surface area contributed by atoms with E-state index in [1.807, 2.05) is 18.2 Å². The first-order valence-corrected chi connectivity index (χ1v) is 10.6. The van der Waals surface area contributed by atoms with Crippen molar-refractivity contribution >= 4 is 29.2 Å². The van der Waals surface area contributed by atoms with Crippen LogP contribution in [0.4, 0.5) is 24.8 Å². The lowest BCUT2D eigenvalue weighted by Crippen LogP contribution is -2.38. The van der Waals surface area contributed by atoms with Gasteiger partial charge in [-0.25, -0.2) is 14.8 Å².